The Balaban J connectivity index is 0.000000644. The maximum atomic E-state index is 13.3. The number of fused-ring (bicyclic) bond motifs is 1. The molecule has 3 aliphatic rings. The maximum absolute atomic E-state index is 13.3. The molecule has 2 N–H and O–H groups in total. The molecule has 13 heteroatoms. The third kappa shape index (κ3) is 9.28. The number of benzene rings is 2. The average Bonchev–Trinajstić information content (AvgIpc) is 3.61. The average molecular weight is 657 g/mol. The van der Waals surface area contributed by atoms with Crippen LogP contribution in [0.15, 0.2) is 70.7 Å². The van der Waals surface area contributed by atoms with Gasteiger partial charge in [0.1, 0.15) is 12.3 Å². The Bertz CT molecular complexity index is 1510. The normalized spacial score (nSPS) is 20.2. The summed E-state index contributed by atoms with van der Waals surface area (Å²) in [6, 6.07) is 17.7. The van der Waals surface area contributed by atoms with Crippen LogP contribution in [0.25, 0.3) is 0 Å². The lowest BCUT2D eigenvalue weighted by Crippen LogP contribution is -2.38. The molecule has 0 bridgehead atoms. The van der Waals surface area contributed by atoms with E-state index in [1.807, 2.05) is 54.3 Å². The summed E-state index contributed by atoms with van der Waals surface area (Å²) in [6.45, 7) is 7.85. The molecule has 0 spiro atoms. The number of hydrogen-bond acceptors (Lipinski definition) is 7. The zero-order chi connectivity index (χ0) is 34.3. The van der Waals surface area contributed by atoms with E-state index in [-0.39, 0.29) is 30.2 Å². The number of halogens is 3. The number of nitrogens with one attached hydrogen (secondary N) is 1. The fourth-order valence-corrected chi connectivity index (χ4v) is 6.20. The topological polar surface area (TPSA) is 129 Å². The van der Waals surface area contributed by atoms with Gasteiger partial charge < -0.3 is 25.0 Å². The van der Waals surface area contributed by atoms with Gasteiger partial charge in [0.25, 0.3) is 5.91 Å². The van der Waals surface area contributed by atoms with Gasteiger partial charge in [-0.25, -0.2) is 4.79 Å². The molecule has 0 aliphatic carbocycles. The monoisotopic (exact) mass is 656 g/mol. The summed E-state index contributed by atoms with van der Waals surface area (Å²) in [5, 5.41) is 10.4. The molecule has 252 valence electrons. The summed E-state index contributed by atoms with van der Waals surface area (Å²) in [5.74, 6) is -1.28. The summed E-state index contributed by atoms with van der Waals surface area (Å²) in [4.78, 5) is 55.9. The molecule has 2 aromatic rings. The van der Waals surface area contributed by atoms with Gasteiger partial charge in [0.15, 0.2) is 5.78 Å². The number of amides is 2. The second kappa shape index (κ2) is 15.4. The highest BCUT2D eigenvalue weighted by Crippen LogP contribution is 2.33. The number of carboxylic acids is 1. The van der Waals surface area contributed by atoms with Crippen LogP contribution in [0.3, 0.4) is 0 Å². The lowest BCUT2D eigenvalue weighted by molar-refractivity contribution is -0.192. The van der Waals surface area contributed by atoms with E-state index in [2.05, 4.69) is 27.3 Å². The minimum absolute atomic E-state index is 0.00362. The van der Waals surface area contributed by atoms with E-state index in [0.29, 0.717) is 48.2 Å². The third-order valence-electron chi connectivity index (χ3n) is 8.72. The number of aliphatic imine (C=N–C) groups is 1. The number of ether oxygens (including phenoxy) is 1. The van der Waals surface area contributed by atoms with Crippen molar-refractivity contribution in [3.8, 4) is 5.75 Å². The Kier molecular flexibility index (Phi) is 11.6. The molecular formula is C34H39F3N4O6. The lowest BCUT2D eigenvalue weighted by Gasteiger charge is -2.26. The fourth-order valence-electron chi connectivity index (χ4n) is 6.20. The Morgan fingerprint density at radius 3 is 2.15 bits per heavy atom. The molecule has 0 radical (unpaired) electrons. The van der Waals surface area contributed by atoms with Gasteiger partial charge in [-0.1, -0.05) is 42.5 Å². The van der Waals surface area contributed by atoms with Crippen LogP contribution in [0, 0.1) is 11.8 Å². The van der Waals surface area contributed by atoms with E-state index in [9.17, 15) is 27.6 Å². The molecule has 0 aromatic heterocycles. The summed E-state index contributed by atoms with van der Waals surface area (Å²) in [6.07, 6.45) is -3.96. The van der Waals surface area contributed by atoms with Crippen LogP contribution in [0.5, 0.6) is 5.75 Å². The van der Waals surface area contributed by atoms with E-state index in [4.69, 9.17) is 14.6 Å². The van der Waals surface area contributed by atoms with Crippen molar-refractivity contribution in [2.24, 2.45) is 16.8 Å². The summed E-state index contributed by atoms with van der Waals surface area (Å²) >= 11 is 0. The van der Waals surface area contributed by atoms with Crippen LogP contribution in [-0.2, 0) is 25.6 Å². The molecule has 2 unspecified atom stereocenters. The van der Waals surface area contributed by atoms with Crippen LogP contribution in [-0.4, -0.2) is 96.7 Å². The first-order valence-corrected chi connectivity index (χ1v) is 15.3. The fraction of sp³-hybridized carbons (Fsp3) is 0.441. The molecule has 10 nitrogen and oxygen atoms in total. The number of carboxylic acid groups (broad SMARTS) is 1. The molecule has 3 heterocycles. The van der Waals surface area contributed by atoms with Crippen LogP contribution in [0.1, 0.15) is 37.4 Å². The molecule has 0 saturated carbocycles. The zero-order valence-corrected chi connectivity index (χ0v) is 26.5. The molecule has 3 aliphatic heterocycles. The minimum Gasteiger partial charge on any atom is -0.497 e. The van der Waals surface area contributed by atoms with Gasteiger partial charge >= 0.3 is 12.1 Å². The maximum Gasteiger partial charge on any atom is 0.490 e. The number of ketones is 1. The number of nitrogens with zero attached hydrogens (tertiary/aromatic N) is 3. The van der Waals surface area contributed by atoms with Crippen molar-refractivity contribution in [3.05, 3.63) is 76.9 Å². The smallest absolute Gasteiger partial charge is 0.490 e. The van der Waals surface area contributed by atoms with Crippen molar-refractivity contribution >= 4 is 29.3 Å². The SMILES string of the molecule is COc1ccc(CC(=O)NC(CCN2CC3CN(C(=O)C4=C(C)C(=O)CN=C4C)C[C@@H]3C2)c2ccccc2)cc1.O=C(O)C(F)(F)F. The van der Waals surface area contributed by atoms with E-state index in [1.54, 1.807) is 14.0 Å². The van der Waals surface area contributed by atoms with Gasteiger partial charge in [-0.15, -0.1) is 0 Å². The quantitative estimate of drug-likeness (QED) is 0.420. The molecule has 2 fully saturated rings. The van der Waals surface area contributed by atoms with Crippen LogP contribution >= 0.6 is 0 Å². The highest BCUT2D eigenvalue weighted by atomic mass is 19.4. The Morgan fingerprint density at radius 1 is 1.00 bits per heavy atom. The number of carbonyl (C=O) groups excluding carboxylic acids is 3. The van der Waals surface area contributed by atoms with Gasteiger partial charge in [-0.2, -0.15) is 13.2 Å². The van der Waals surface area contributed by atoms with Crippen LogP contribution < -0.4 is 10.1 Å². The summed E-state index contributed by atoms with van der Waals surface area (Å²) in [7, 11) is 1.63. The van der Waals surface area contributed by atoms with Crippen molar-refractivity contribution < 1.29 is 42.2 Å². The summed E-state index contributed by atoms with van der Waals surface area (Å²) < 4.78 is 37.0. The number of likely N-dealkylation sites (tertiary alicyclic amines) is 2. The largest absolute Gasteiger partial charge is 0.497 e. The highest BCUT2D eigenvalue weighted by Gasteiger charge is 2.43. The first kappa shape index (κ1) is 35.3. The van der Waals surface area contributed by atoms with Gasteiger partial charge in [0, 0.05) is 44.0 Å². The molecule has 2 amide bonds. The molecule has 47 heavy (non-hydrogen) atoms. The van der Waals surface area contributed by atoms with Gasteiger partial charge in [0.05, 0.1) is 25.1 Å². The number of carbonyl (C=O) groups is 4. The van der Waals surface area contributed by atoms with Crippen molar-refractivity contribution in [1.82, 2.24) is 15.1 Å². The van der Waals surface area contributed by atoms with Crippen LogP contribution in [0.4, 0.5) is 13.2 Å². The number of methoxy groups -OCH3 is 1. The Hall–Kier alpha value is -4.52. The molecule has 3 atom stereocenters. The molecular weight excluding hydrogens is 617 g/mol. The number of hydrogen-bond donors (Lipinski definition) is 2. The first-order valence-electron chi connectivity index (χ1n) is 15.3. The highest BCUT2D eigenvalue weighted by molar-refractivity contribution is 6.27. The third-order valence-corrected chi connectivity index (χ3v) is 8.72. The second-order valence-corrected chi connectivity index (χ2v) is 12.0. The van der Waals surface area contributed by atoms with Gasteiger partial charge in [-0.3, -0.25) is 19.4 Å². The van der Waals surface area contributed by atoms with Crippen molar-refractivity contribution in [2.45, 2.75) is 38.9 Å². The Morgan fingerprint density at radius 2 is 1.60 bits per heavy atom. The van der Waals surface area contributed by atoms with E-state index < -0.39 is 12.1 Å². The van der Waals surface area contributed by atoms with Crippen LogP contribution in [0.2, 0.25) is 0 Å². The molecule has 5 rings (SSSR count). The van der Waals surface area contributed by atoms with E-state index >= 15 is 0 Å². The number of alkyl halides is 3. The van der Waals surface area contributed by atoms with Gasteiger partial charge in [-0.05, 0) is 55.4 Å². The molecule has 2 aromatic carbocycles. The second-order valence-electron chi connectivity index (χ2n) is 12.0. The number of Topliss-reactive ketones (excluding diaryl/α,β-unsaturated/α-hetero) is 1. The zero-order valence-electron chi connectivity index (χ0n) is 26.5. The summed E-state index contributed by atoms with van der Waals surface area (Å²) in [5.41, 5.74) is 3.74. The Labute approximate surface area is 271 Å². The van der Waals surface area contributed by atoms with Crippen molar-refractivity contribution in [3.63, 3.8) is 0 Å². The molecule has 2 saturated heterocycles. The predicted octanol–water partition coefficient (Wildman–Crippen LogP) is 3.87. The van der Waals surface area contributed by atoms with Crippen molar-refractivity contribution in [2.75, 3.05) is 46.4 Å². The van der Waals surface area contributed by atoms with E-state index in [1.165, 1.54) is 0 Å². The van der Waals surface area contributed by atoms with Crippen molar-refractivity contribution in [1.29, 1.82) is 0 Å². The van der Waals surface area contributed by atoms with Gasteiger partial charge in [0.2, 0.25) is 5.91 Å². The lowest BCUT2D eigenvalue weighted by atomic mass is 9.98. The minimum atomic E-state index is -5.08. The number of rotatable bonds is 9. The number of aliphatic carboxylic acids is 1. The van der Waals surface area contributed by atoms with E-state index in [0.717, 1.165) is 42.9 Å². The predicted molar refractivity (Wildman–Crippen MR) is 168 cm³/mol. The number of dihydropyridines is 1. The first-order chi connectivity index (χ1) is 22.3. The standard InChI is InChI=1S/C32H38N4O4.C2HF3O2/c1-21-29(37)16-33-22(2)31(21)32(39)36-19-25-17-35(18-26(25)20-36)14-13-28(24-7-5-4-6-8-24)34-30(38)15-23-9-11-27(40-3)12-10-23;3-2(4,5)1(6)7/h4-12,25-26,28H,13-20H2,1-3H3,(H,34,38);(H,6,7)/t25-,26?,28?;/m0./s1.